The first-order chi connectivity index (χ1) is 10.2. The van der Waals surface area contributed by atoms with Gasteiger partial charge in [-0.3, -0.25) is 4.79 Å². The first-order valence-corrected chi connectivity index (χ1v) is 7.53. The molecule has 1 heterocycles. The summed E-state index contributed by atoms with van der Waals surface area (Å²) in [6, 6.07) is 11.9. The van der Waals surface area contributed by atoms with Crippen LogP contribution in [0.25, 0.3) is 10.9 Å². The highest BCUT2D eigenvalue weighted by molar-refractivity contribution is 5.80. The highest BCUT2D eigenvalue weighted by Crippen LogP contribution is 2.36. The Morgan fingerprint density at radius 3 is 2.67 bits per heavy atom. The topological polar surface area (TPSA) is 62.2 Å². The summed E-state index contributed by atoms with van der Waals surface area (Å²) in [5.41, 5.74) is 0.293. The van der Waals surface area contributed by atoms with Gasteiger partial charge in [0.05, 0.1) is 10.9 Å². The lowest BCUT2D eigenvalue weighted by Gasteiger charge is -2.33. The van der Waals surface area contributed by atoms with Crippen LogP contribution >= 0.6 is 0 Å². The number of fused-ring (bicyclic) bond motifs is 1. The molecule has 0 radical (unpaired) electrons. The van der Waals surface area contributed by atoms with Crippen LogP contribution in [0.4, 0.5) is 5.82 Å². The van der Waals surface area contributed by atoms with Crippen molar-refractivity contribution in [3.63, 3.8) is 0 Å². The average molecular weight is 284 g/mol. The van der Waals surface area contributed by atoms with Gasteiger partial charge in [-0.2, -0.15) is 0 Å². The summed E-state index contributed by atoms with van der Waals surface area (Å²) in [6.45, 7) is 0.452. The van der Waals surface area contributed by atoms with Crippen molar-refractivity contribution in [3.8, 4) is 0 Å². The molecule has 3 rings (SSSR count). The zero-order valence-corrected chi connectivity index (χ0v) is 12.0. The Kier molecular flexibility index (Phi) is 3.78. The average Bonchev–Trinajstić information content (AvgIpc) is 2.53. The molecule has 0 amide bonds. The quantitative estimate of drug-likeness (QED) is 0.899. The van der Waals surface area contributed by atoms with Crippen molar-refractivity contribution in [1.82, 2.24) is 4.98 Å². The van der Waals surface area contributed by atoms with Crippen LogP contribution in [0, 0.1) is 5.41 Å². The van der Waals surface area contributed by atoms with Crippen molar-refractivity contribution in [2.45, 2.75) is 32.1 Å². The maximum absolute atomic E-state index is 11.6. The van der Waals surface area contributed by atoms with Crippen molar-refractivity contribution in [3.05, 3.63) is 36.4 Å². The van der Waals surface area contributed by atoms with E-state index in [0.29, 0.717) is 6.54 Å². The van der Waals surface area contributed by atoms with Gasteiger partial charge in [-0.05, 0) is 31.0 Å². The fraction of sp³-hybridized carbons (Fsp3) is 0.412. The first-order valence-electron chi connectivity index (χ1n) is 7.53. The molecule has 2 N–H and O–H groups in total. The van der Waals surface area contributed by atoms with Gasteiger partial charge in [0.15, 0.2) is 0 Å². The summed E-state index contributed by atoms with van der Waals surface area (Å²) in [6.07, 6.45) is 4.65. The molecule has 4 heteroatoms. The van der Waals surface area contributed by atoms with Gasteiger partial charge >= 0.3 is 5.97 Å². The Bertz CT molecular complexity index is 648. The van der Waals surface area contributed by atoms with Crippen LogP contribution < -0.4 is 5.32 Å². The maximum Gasteiger partial charge on any atom is 0.311 e. The molecule has 0 bridgehead atoms. The lowest BCUT2D eigenvalue weighted by molar-refractivity contribution is -0.150. The third-order valence-corrected chi connectivity index (χ3v) is 4.47. The Labute approximate surface area is 124 Å². The second kappa shape index (κ2) is 5.72. The predicted octanol–water partition coefficient (Wildman–Crippen LogP) is 3.68. The van der Waals surface area contributed by atoms with E-state index >= 15 is 0 Å². The van der Waals surface area contributed by atoms with Crippen molar-refractivity contribution >= 4 is 22.7 Å². The van der Waals surface area contributed by atoms with Crippen LogP contribution in [-0.4, -0.2) is 22.6 Å². The molecule has 0 spiro atoms. The van der Waals surface area contributed by atoms with Gasteiger partial charge < -0.3 is 10.4 Å². The monoisotopic (exact) mass is 284 g/mol. The molecule has 110 valence electrons. The van der Waals surface area contributed by atoms with E-state index in [-0.39, 0.29) is 0 Å². The summed E-state index contributed by atoms with van der Waals surface area (Å²) < 4.78 is 0. The second-order valence-electron chi connectivity index (χ2n) is 5.89. The molecule has 1 aliphatic carbocycles. The third kappa shape index (κ3) is 2.84. The zero-order chi connectivity index (χ0) is 14.7. The van der Waals surface area contributed by atoms with Gasteiger partial charge in [-0.25, -0.2) is 4.98 Å². The van der Waals surface area contributed by atoms with Gasteiger partial charge in [0, 0.05) is 11.9 Å². The molecular weight excluding hydrogens is 264 g/mol. The minimum atomic E-state index is -0.685. The van der Waals surface area contributed by atoms with E-state index in [1.165, 1.54) is 0 Å². The Morgan fingerprint density at radius 1 is 1.14 bits per heavy atom. The summed E-state index contributed by atoms with van der Waals surface area (Å²) >= 11 is 0. The van der Waals surface area contributed by atoms with Crippen LogP contribution in [0.5, 0.6) is 0 Å². The van der Waals surface area contributed by atoms with Gasteiger partial charge in [-0.15, -0.1) is 0 Å². The van der Waals surface area contributed by atoms with Crippen molar-refractivity contribution < 1.29 is 9.90 Å². The molecule has 21 heavy (non-hydrogen) atoms. The molecule has 0 aliphatic heterocycles. The molecule has 1 aromatic heterocycles. The third-order valence-electron chi connectivity index (χ3n) is 4.47. The molecule has 0 unspecified atom stereocenters. The fourth-order valence-corrected chi connectivity index (χ4v) is 3.12. The number of hydrogen-bond acceptors (Lipinski definition) is 3. The Morgan fingerprint density at radius 2 is 1.90 bits per heavy atom. The number of aliphatic carboxylic acids is 1. The Hall–Kier alpha value is -2.10. The van der Waals surface area contributed by atoms with E-state index in [4.69, 9.17) is 0 Å². The van der Waals surface area contributed by atoms with E-state index in [1.54, 1.807) is 0 Å². The number of para-hydroxylation sites is 1. The molecule has 0 atom stereocenters. The molecule has 2 aromatic rings. The number of carboxylic acid groups (broad SMARTS) is 1. The molecule has 1 saturated carbocycles. The SMILES string of the molecule is O=C(O)C1(CNc2ccc3ccccc3n2)CCCCC1. The Balaban J connectivity index is 1.76. The van der Waals surface area contributed by atoms with Crippen molar-refractivity contribution in [1.29, 1.82) is 0 Å². The van der Waals surface area contributed by atoms with Crippen LogP contribution in [0.1, 0.15) is 32.1 Å². The molecular formula is C17H20N2O2. The van der Waals surface area contributed by atoms with Crippen molar-refractivity contribution in [2.75, 3.05) is 11.9 Å². The minimum Gasteiger partial charge on any atom is -0.481 e. The molecule has 1 aliphatic rings. The fourth-order valence-electron chi connectivity index (χ4n) is 3.12. The smallest absolute Gasteiger partial charge is 0.311 e. The minimum absolute atomic E-state index is 0.452. The van der Waals surface area contributed by atoms with E-state index in [9.17, 15) is 9.90 Å². The normalized spacial score (nSPS) is 17.5. The second-order valence-corrected chi connectivity index (χ2v) is 5.89. The molecule has 0 saturated heterocycles. The van der Waals surface area contributed by atoms with Crippen LogP contribution in [0.2, 0.25) is 0 Å². The van der Waals surface area contributed by atoms with E-state index in [0.717, 1.165) is 48.8 Å². The van der Waals surface area contributed by atoms with Crippen molar-refractivity contribution in [2.24, 2.45) is 5.41 Å². The standard InChI is InChI=1S/C17H20N2O2/c20-16(21)17(10-4-1-5-11-17)12-18-15-9-8-13-6-2-3-7-14(13)19-15/h2-3,6-9H,1,4-5,10-12H2,(H,18,19)(H,20,21). The van der Waals surface area contributed by atoms with Gasteiger partial charge in [0.1, 0.15) is 5.82 Å². The largest absolute Gasteiger partial charge is 0.481 e. The number of nitrogens with zero attached hydrogens (tertiary/aromatic N) is 1. The van der Waals surface area contributed by atoms with E-state index in [2.05, 4.69) is 10.3 Å². The number of benzene rings is 1. The maximum atomic E-state index is 11.6. The first kappa shape index (κ1) is 13.9. The highest BCUT2D eigenvalue weighted by Gasteiger charge is 2.39. The lowest BCUT2D eigenvalue weighted by Crippen LogP contribution is -2.39. The number of pyridine rings is 1. The lowest BCUT2D eigenvalue weighted by atomic mass is 9.74. The van der Waals surface area contributed by atoms with Crippen LogP contribution in [0.15, 0.2) is 36.4 Å². The number of nitrogens with one attached hydrogen (secondary N) is 1. The highest BCUT2D eigenvalue weighted by atomic mass is 16.4. The zero-order valence-electron chi connectivity index (χ0n) is 12.0. The summed E-state index contributed by atoms with van der Waals surface area (Å²) in [4.78, 5) is 16.2. The van der Waals surface area contributed by atoms with E-state index in [1.807, 2.05) is 36.4 Å². The molecule has 1 aromatic carbocycles. The van der Waals surface area contributed by atoms with E-state index < -0.39 is 11.4 Å². The number of hydrogen-bond donors (Lipinski definition) is 2. The van der Waals surface area contributed by atoms with Gasteiger partial charge in [0.25, 0.3) is 0 Å². The number of carboxylic acids is 1. The summed E-state index contributed by atoms with van der Waals surface area (Å²) in [5, 5.41) is 13.9. The number of carbonyl (C=O) groups is 1. The van der Waals surface area contributed by atoms with Gasteiger partial charge in [0.2, 0.25) is 0 Å². The molecule has 4 nitrogen and oxygen atoms in total. The van der Waals surface area contributed by atoms with Crippen LogP contribution in [-0.2, 0) is 4.79 Å². The predicted molar refractivity (Wildman–Crippen MR) is 83.4 cm³/mol. The summed E-state index contributed by atoms with van der Waals surface area (Å²) in [7, 11) is 0. The number of anilines is 1. The number of rotatable bonds is 4. The van der Waals surface area contributed by atoms with Gasteiger partial charge in [-0.1, -0.05) is 37.5 Å². The summed E-state index contributed by atoms with van der Waals surface area (Å²) in [5.74, 6) is 0.0652. The number of aromatic nitrogens is 1. The molecule has 1 fully saturated rings. The van der Waals surface area contributed by atoms with Crippen LogP contribution in [0.3, 0.4) is 0 Å².